The molecular formula is C23H22F4N10O. The molecule has 0 spiro atoms. The van der Waals surface area contributed by atoms with Crippen LogP contribution >= 0.6 is 0 Å². The molecule has 38 heavy (non-hydrogen) atoms. The Balaban J connectivity index is 1.29. The zero-order chi connectivity index (χ0) is 26.9. The van der Waals surface area contributed by atoms with Gasteiger partial charge in [0.2, 0.25) is 5.82 Å². The van der Waals surface area contributed by atoms with Gasteiger partial charge >= 0.3 is 6.18 Å². The largest absolute Gasteiger partial charge is 0.419 e. The minimum absolute atomic E-state index is 0.221. The van der Waals surface area contributed by atoms with Crippen molar-refractivity contribution in [2.24, 2.45) is 7.05 Å². The van der Waals surface area contributed by atoms with Crippen LogP contribution < -0.4 is 5.32 Å². The van der Waals surface area contributed by atoms with E-state index in [4.69, 9.17) is 0 Å². The molecule has 4 heterocycles. The van der Waals surface area contributed by atoms with Crippen molar-refractivity contribution in [3.8, 4) is 11.4 Å². The fraction of sp³-hybridized carbons (Fsp3) is 0.304. The van der Waals surface area contributed by atoms with E-state index in [2.05, 4.69) is 35.9 Å². The van der Waals surface area contributed by atoms with Gasteiger partial charge in [0, 0.05) is 44.4 Å². The van der Waals surface area contributed by atoms with Gasteiger partial charge in [-0.2, -0.15) is 23.1 Å². The highest BCUT2D eigenvalue weighted by Gasteiger charge is 2.36. The Morgan fingerprint density at radius 3 is 2.58 bits per heavy atom. The van der Waals surface area contributed by atoms with E-state index in [-0.39, 0.29) is 13.1 Å². The summed E-state index contributed by atoms with van der Waals surface area (Å²) in [7, 11) is 1.66. The number of carbonyl (C=O) groups is 1. The van der Waals surface area contributed by atoms with Gasteiger partial charge in [0.15, 0.2) is 0 Å². The second kappa shape index (κ2) is 10.2. The van der Waals surface area contributed by atoms with E-state index in [0.29, 0.717) is 54.4 Å². The highest BCUT2D eigenvalue weighted by Crippen LogP contribution is 2.33. The third-order valence-electron chi connectivity index (χ3n) is 5.99. The van der Waals surface area contributed by atoms with E-state index in [9.17, 15) is 22.4 Å². The normalized spacial score (nSPS) is 14.6. The lowest BCUT2D eigenvalue weighted by molar-refractivity contribution is -0.140. The van der Waals surface area contributed by atoms with Crippen molar-refractivity contribution in [1.29, 1.82) is 0 Å². The number of amides is 1. The lowest BCUT2D eigenvalue weighted by Gasteiger charge is -2.34. The number of benzene rings is 1. The van der Waals surface area contributed by atoms with Crippen molar-refractivity contribution in [2.45, 2.75) is 12.7 Å². The van der Waals surface area contributed by atoms with Gasteiger partial charge in [0.1, 0.15) is 17.5 Å². The predicted molar refractivity (Wildman–Crippen MR) is 126 cm³/mol. The zero-order valence-corrected chi connectivity index (χ0v) is 20.1. The average molecular weight is 530 g/mol. The van der Waals surface area contributed by atoms with Crippen LogP contribution in [-0.2, 0) is 19.8 Å². The van der Waals surface area contributed by atoms with Gasteiger partial charge in [-0.05, 0) is 29.5 Å². The van der Waals surface area contributed by atoms with E-state index in [1.807, 2.05) is 11.0 Å². The minimum Gasteiger partial charge on any atom is -0.336 e. The number of nitrogens with one attached hydrogen (secondary N) is 2. The van der Waals surface area contributed by atoms with Crippen LogP contribution in [-0.4, -0.2) is 77.3 Å². The van der Waals surface area contributed by atoms with E-state index in [0.717, 1.165) is 12.1 Å². The van der Waals surface area contributed by atoms with Gasteiger partial charge in [-0.25, -0.2) is 9.37 Å². The number of anilines is 2. The van der Waals surface area contributed by atoms with Crippen LogP contribution in [0.1, 0.15) is 21.6 Å². The first-order chi connectivity index (χ1) is 18.2. The number of halogens is 4. The molecule has 1 aliphatic heterocycles. The van der Waals surface area contributed by atoms with Crippen molar-refractivity contribution >= 4 is 17.5 Å². The molecule has 11 nitrogen and oxygen atoms in total. The van der Waals surface area contributed by atoms with E-state index in [1.165, 1.54) is 9.70 Å². The first-order valence-corrected chi connectivity index (χ1v) is 11.6. The SMILES string of the molecule is Cn1nnc(-c2cc(CN3CCN(C(=O)c4cccc(C(F)(F)F)c4F)CC3)nc(Nc3ccn[nH]3)c2)n1. The van der Waals surface area contributed by atoms with E-state index >= 15 is 0 Å². The molecule has 4 aromatic rings. The first-order valence-electron chi connectivity index (χ1n) is 11.6. The van der Waals surface area contributed by atoms with Gasteiger partial charge in [0.05, 0.1) is 30.1 Å². The molecule has 5 rings (SSSR count). The number of aromatic nitrogens is 7. The number of alkyl halides is 3. The summed E-state index contributed by atoms with van der Waals surface area (Å²) in [5, 5.41) is 22.1. The third kappa shape index (κ3) is 5.46. The molecule has 15 heteroatoms. The number of pyridine rings is 1. The molecule has 0 saturated carbocycles. The number of aryl methyl sites for hydroxylation is 1. The Kier molecular flexibility index (Phi) is 6.75. The lowest BCUT2D eigenvalue weighted by Crippen LogP contribution is -2.48. The number of hydrogen-bond acceptors (Lipinski definition) is 8. The van der Waals surface area contributed by atoms with E-state index < -0.39 is 29.0 Å². The molecule has 0 unspecified atom stereocenters. The number of hydrogen-bond donors (Lipinski definition) is 2. The number of piperazine rings is 1. The number of aromatic amines is 1. The van der Waals surface area contributed by atoms with E-state index in [1.54, 1.807) is 25.4 Å². The highest BCUT2D eigenvalue weighted by molar-refractivity contribution is 5.94. The van der Waals surface area contributed by atoms with Crippen LogP contribution in [0.15, 0.2) is 42.6 Å². The predicted octanol–water partition coefficient (Wildman–Crippen LogP) is 2.85. The smallest absolute Gasteiger partial charge is 0.336 e. The Morgan fingerprint density at radius 2 is 1.92 bits per heavy atom. The van der Waals surface area contributed by atoms with Crippen LogP contribution in [0.5, 0.6) is 0 Å². The zero-order valence-electron chi connectivity index (χ0n) is 20.1. The second-order valence-electron chi connectivity index (χ2n) is 8.66. The lowest BCUT2D eigenvalue weighted by atomic mass is 10.1. The summed E-state index contributed by atoms with van der Waals surface area (Å²) in [6.45, 7) is 1.71. The fourth-order valence-corrected chi connectivity index (χ4v) is 4.15. The number of rotatable bonds is 6. The molecule has 1 fully saturated rings. The summed E-state index contributed by atoms with van der Waals surface area (Å²) >= 11 is 0. The molecule has 1 saturated heterocycles. The van der Waals surface area contributed by atoms with Gasteiger partial charge in [-0.15, -0.1) is 10.2 Å². The maximum Gasteiger partial charge on any atom is 0.419 e. The van der Waals surface area contributed by atoms with Gasteiger partial charge in [-0.3, -0.25) is 14.8 Å². The molecule has 198 valence electrons. The standard InChI is InChI=1S/C23H22F4N10O/c1-35-33-21(32-34-35)14-11-15(29-19(12-14)30-18-5-6-28-31-18)13-36-7-9-37(10-8-36)22(38)16-3-2-4-17(20(16)24)23(25,26)27/h2-6,11-12H,7-10,13H2,1H3,(H2,28,29,30,31). The molecule has 1 amide bonds. The van der Waals surface area contributed by atoms with Crippen LogP contribution in [0.4, 0.5) is 29.2 Å². The third-order valence-corrected chi connectivity index (χ3v) is 5.99. The van der Waals surface area contributed by atoms with Gasteiger partial charge in [0.25, 0.3) is 5.91 Å². The Hall–Kier alpha value is -4.40. The Labute approximate surface area is 213 Å². The average Bonchev–Trinajstić information content (AvgIpc) is 3.55. The highest BCUT2D eigenvalue weighted by atomic mass is 19.4. The molecule has 0 atom stereocenters. The number of carbonyl (C=O) groups excluding carboxylic acids is 1. The number of nitrogens with zero attached hydrogens (tertiary/aromatic N) is 8. The summed E-state index contributed by atoms with van der Waals surface area (Å²) < 4.78 is 53.7. The van der Waals surface area contributed by atoms with Crippen LogP contribution in [0.3, 0.4) is 0 Å². The van der Waals surface area contributed by atoms with Gasteiger partial charge < -0.3 is 10.2 Å². The molecule has 0 bridgehead atoms. The van der Waals surface area contributed by atoms with Crippen molar-refractivity contribution in [3.63, 3.8) is 0 Å². The van der Waals surface area contributed by atoms with Crippen molar-refractivity contribution < 1.29 is 22.4 Å². The summed E-state index contributed by atoms with van der Waals surface area (Å²) in [4.78, 5) is 22.2. The van der Waals surface area contributed by atoms with Crippen molar-refractivity contribution in [3.05, 3.63) is 65.2 Å². The summed E-state index contributed by atoms with van der Waals surface area (Å²) in [6, 6.07) is 8.10. The van der Waals surface area contributed by atoms with Crippen molar-refractivity contribution in [1.82, 2.24) is 45.2 Å². The van der Waals surface area contributed by atoms with Crippen LogP contribution in [0, 0.1) is 5.82 Å². The maximum atomic E-state index is 14.5. The number of H-pyrrole nitrogens is 1. The maximum absolute atomic E-state index is 14.5. The molecule has 0 radical (unpaired) electrons. The molecule has 0 aliphatic carbocycles. The molecule has 3 aromatic heterocycles. The molecular weight excluding hydrogens is 508 g/mol. The summed E-state index contributed by atoms with van der Waals surface area (Å²) in [5.41, 5.74) is -0.654. The van der Waals surface area contributed by atoms with Crippen LogP contribution in [0.2, 0.25) is 0 Å². The molecule has 1 aliphatic rings. The second-order valence-corrected chi connectivity index (χ2v) is 8.66. The fourth-order valence-electron chi connectivity index (χ4n) is 4.15. The van der Waals surface area contributed by atoms with Gasteiger partial charge in [-0.1, -0.05) is 6.07 Å². The molecule has 1 aromatic carbocycles. The van der Waals surface area contributed by atoms with Crippen molar-refractivity contribution in [2.75, 3.05) is 31.5 Å². The number of tetrazole rings is 1. The van der Waals surface area contributed by atoms with Crippen LogP contribution in [0.25, 0.3) is 11.4 Å². The summed E-state index contributed by atoms with van der Waals surface area (Å²) in [6.07, 6.45) is -3.28. The Bertz CT molecular complexity index is 1430. The topological polar surface area (TPSA) is 121 Å². The quantitative estimate of drug-likeness (QED) is 0.365. The minimum atomic E-state index is -4.88. The monoisotopic (exact) mass is 530 g/mol. The summed E-state index contributed by atoms with van der Waals surface area (Å²) in [5.74, 6) is -0.733. The molecule has 2 N–H and O–H groups in total. The Morgan fingerprint density at radius 1 is 1.13 bits per heavy atom. The first kappa shape index (κ1) is 25.3.